The molecule has 1 aliphatic rings. The standard InChI is InChI=1S/C16H25N3O/c1-13(12-19-8-3-2-4-9-19)18-11-14-6-5-7-15(10-14)16(17)20/h5-7,10,13,18H,2-4,8-9,11-12H2,1H3,(H2,17,20). The van der Waals surface area contributed by atoms with E-state index in [-0.39, 0.29) is 5.91 Å². The normalized spacial score (nSPS) is 17.9. The van der Waals surface area contributed by atoms with Crippen molar-refractivity contribution in [3.8, 4) is 0 Å². The van der Waals surface area contributed by atoms with Gasteiger partial charge in [0.1, 0.15) is 0 Å². The molecule has 1 fully saturated rings. The van der Waals surface area contributed by atoms with Gasteiger partial charge in [0.2, 0.25) is 5.91 Å². The summed E-state index contributed by atoms with van der Waals surface area (Å²) in [5, 5.41) is 3.52. The predicted molar refractivity (Wildman–Crippen MR) is 81.6 cm³/mol. The van der Waals surface area contributed by atoms with Gasteiger partial charge in [-0.2, -0.15) is 0 Å². The molecule has 110 valence electrons. The van der Waals surface area contributed by atoms with Gasteiger partial charge < -0.3 is 16.0 Å². The van der Waals surface area contributed by atoms with E-state index in [0.29, 0.717) is 11.6 Å². The number of piperidine rings is 1. The van der Waals surface area contributed by atoms with E-state index in [1.165, 1.54) is 32.4 Å². The van der Waals surface area contributed by atoms with Crippen LogP contribution in [0, 0.1) is 0 Å². The second kappa shape index (κ2) is 7.41. The number of primary amides is 1. The summed E-state index contributed by atoms with van der Waals surface area (Å²) in [4.78, 5) is 13.7. The first kappa shape index (κ1) is 15.0. The van der Waals surface area contributed by atoms with Gasteiger partial charge in [0.05, 0.1) is 0 Å². The lowest BCUT2D eigenvalue weighted by atomic mass is 10.1. The van der Waals surface area contributed by atoms with E-state index in [1.807, 2.05) is 18.2 Å². The summed E-state index contributed by atoms with van der Waals surface area (Å²) in [6, 6.07) is 7.97. The lowest BCUT2D eigenvalue weighted by Crippen LogP contribution is -2.41. The van der Waals surface area contributed by atoms with Gasteiger partial charge >= 0.3 is 0 Å². The number of hydrogen-bond donors (Lipinski definition) is 2. The Bertz CT molecular complexity index is 441. The molecular formula is C16H25N3O. The van der Waals surface area contributed by atoms with Crippen LogP contribution in [0.4, 0.5) is 0 Å². The molecule has 20 heavy (non-hydrogen) atoms. The van der Waals surface area contributed by atoms with Crippen molar-refractivity contribution in [2.75, 3.05) is 19.6 Å². The average molecular weight is 275 g/mol. The third-order valence-corrected chi connectivity index (χ3v) is 3.85. The first-order chi connectivity index (χ1) is 9.65. The van der Waals surface area contributed by atoms with Crippen molar-refractivity contribution in [3.05, 3.63) is 35.4 Å². The largest absolute Gasteiger partial charge is 0.366 e. The molecule has 0 spiro atoms. The zero-order chi connectivity index (χ0) is 14.4. The number of nitrogens with zero attached hydrogens (tertiary/aromatic N) is 1. The van der Waals surface area contributed by atoms with E-state index in [1.54, 1.807) is 6.07 Å². The van der Waals surface area contributed by atoms with Crippen molar-refractivity contribution in [3.63, 3.8) is 0 Å². The highest BCUT2D eigenvalue weighted by atomic mass is 16.1. The molecule has 0 radical (unpaired) electrons. The molecule has 2 rings (SSSR count). The molecule has 1 atom stereocenters. The van der Waals surface area contributed by atoms with Gasteiger partial charge in [0, 0.05) is 24.7 Å². The predicted octanol–water partition coefficient (Wildman–Crippen LogP) is 1.75. The van der Waals surface area contributed by atoms with Crippen LogP contribution in [0.1, 0.15) is 42.1 Å². The average Bonchev–Trinajstić information content (AvgIpc) is 2.46. The summed E-state index contributed by atoms with van der Waals surface area (Å²) in [5.41, 5.74) is 6.98. The van der Waals surface area contributed by atoms with Crippen LogP contribution < -0.4 is 11.1 Å². The van der Waals surface area contributed by atoms with Crippen molar-refractivity contribution in [1.82, 2.24) is 10.2 Å². The zero-order valence-electron chi connectivity index (χ0n) is 12.3. The highest BCUT2D eigenvalue weighted by molar-refractivity contribution is 5.92. The number of rotatable bonds is 6. The molecule has 1 aromatic rings. The minimum atomic E-state index is -0.367. The van der Waals surface area contributed by atoms with Crippen LogP contribution in [0.15, 0.2) is 24.3 Å². The highest BCUT2D eigenvalue weighted by Crippen LogP contribution is 2.09. The van der Waals surface area contributed by atoms with Crippen LogP contribution in [-0.4, -0.2) is 36.5 Å². The Labute approximate surface area is 121 Å². The number of likely N-dealkylation sites (tertiary alicyclic amines) is 1. The molecule has 4 heteroatoms. The monoisotopic (exact) mass is 275 g/mol. The second-order valence-electron chi connectivity index (χ2n) is 5.71. The third kappa shape index (κ3) is 4.62. The lowest BCUT2D eigenvalue weighted by molar-refractivity contribution is 0.1000. The van der Waals surface area contributed by atoms with Crippen LogP contribution in [-0.2, 0) is 6.54 Å². The molecular weight excluding hydrogens is 250 g/mol. The van der Waals surface area contributed by atoms with Gasteiger partial charge in [-0.15, -0.1) is 0 Å². The van der Waals surface area contributed by atoms with Crippen molar-refractivity contribution in [2.45, 2.75) is 38.8 Å². The van der Waals surface area contributed by atoms with Gasteiger partial charge in [-0.05, 0) is 50.6 Å². The number of nitrogens with one attached hydrogen (secondary N) is 1. The van der Waals surface area contributed by atoms with Gasteiger partial charge in [-0.1, -0.05) is 18.6 Å². The van der Waals surface area contributed by atoms with Crippen molar-refractivity contribution >= 4 is 5.91 Å². The second-order valence-corrected chi connectivity index (χ2v) is 5.71. The molecule has 1 aliphatic heterocycles. The van der Waals surface area contributed by atoms with E-state index in [2.05, 4.69) is 17.1 Å². The van der Waals surface area contributed by atoms with E-state index >= 15 is 0 Å². The lowest BCUT2D eigenvalue weighted by Gasteiger charge is -2.29. The molecule has 4 nitrogen and oxygen atoms in total. The number of carbonyl (C=O) groups is 1. The maximum atomic E-state index is 11.1. The first-order valence-corrected chi connectivity index (χ1v) is 7.49. The number of nitrogens with two attached hydrogens (primary N) is 1. The van der Waals surface area contributed by atoms with E-state index < -0.39 is 0 Å². The molecule has 1 saturated heterocycles. The molecule has 1 amide bonds. The Balaban J connectivity index is 1.78. The molecule has 0 bridgehead atoms. The maximum absolute atomic E-state index is 11.1. The van der Waals surface area contributed by atoms with Crippen LogP contribution in [0.3, 0.4) is 0 Å². The molecule has 1 aromatic carbocycles. The number of carbonyl (C=O) groups excluding carboxylic acids is 1. The number of amides is 1. The summed E-state index contributed by atoms with van der Waals surface area (Å²) in [6.07, 6.45) is 4.03. The minimum absolute atomic E-state index is 0.367. The van der Waals surface area contributed by atoms with Crippen LogP contribution >= 0.6 is 0 Å². The molecule has 0 aliphatic carbocycles. The van der Waals surface area contributed by atoms with E-state index in [9.17, 15) is 4.79 Å². The Morgan fingerprint density at radius 2 is 2.10 bits per heavy atom. The van der Waals surface area contributed by atoms with Crippen LogP contribution in [0.2, 0.25) is 0 Å². The summed E-state index contributed by atoms with van der Waals surface area (Å²) >= 11 is 0. The third-order valence-electron chi connectivity index (χ3n) is 3.85. The maximum Gasteiger partial charge on any atom is 0.248 e. The topological polar surface area (TPSA) is 58.4 Å². The Kier molecular flexibility index (Phi) is 5.56. The number of hydrogen-bond acceptors (Lipinski definition) is 3. The van der Waals surface area contributed by atoms with Gasteiger partial charge in [0.15, 0.2) is 0 Å². The summed E-state index contributed by atoms with van der Waals surface area (Å²) in [6.45, 7) is 6.53. The van der Waals surface area contributed by atoms with E-state index in [4.69, 9.17) is 5.73 Å². The van der Waals surface area contributed by atoms with Gasteiger partial charge in [0.25, 0.3) is 0 Å². The fraction of sp³-hybridized carbons (Fsp3) is 0.562. The Morgan fingerprint density at radius 3 is 2.80 bits per heavy atom. The summed E-state index contributed by atoms with van der Waals surface area (Å²) in [7, 11) is 0. The smallest absolute Gasteiger partial charge is 0.248 e. The SMILES string of the molecule is CC(CN1CCCCC1)NCc1cccc(C(N)=O)c1. The Morgan fingerprint density at radius 1 is 1.35 bits per heavy atom. The first-order valence-electron chi connectivity index (χ1n) is 7.49. The van der Waals surface area contributed by atoms with Crippen LogP contribution in [0.25, 0.3) is 0 Å². The fourth-order valence-corrected chi connectivity index (χ4v) is 2.72. The summed E-state index contributed by atoms with van der Waals surface area (Å²) in [5.74, 6) is -0.367. The minimum Gasteiger partial charge on any atom is -0.366 e. The zero-order valence-corrected chi connectivity index (χ0v) is 12.3. The van der Waals surface area contributed by atoms with Crippen molar-refractivity contribution in [1.29, 1.82) is 0 Å². The van der Waals surface area contributed by atoms with Crippen LogP contribution in [0.5, 0.6) is 0 Å². The van der Waals surface area contributed by atoms with Crippen molar-refractivity contribution < 1.29 is 4.79 Å². The Hall–Kier alpha value is -1.39. The molecule has 1 unspecified atom stereocenters. The number of benzene rings is 1. The molecule has 0 saturated carbocycles. The molecule has 3 N–H and O–H groups in total. The van der Waals surface area contributed by atoms with E-state index in [0.717, 1.165) is 18.7 Å². The summed E-state index contributed by atoms with van der Waals surface area (Å²) < 4.78 is 0. The van der Waals surface area contributed by atoms with Gasteiger partial charge in [-0.25, -0.2) is 0 Å². The quantitative estimate of drug-likeness (QED) is 0.831. The van der Waals surface area contributed by atoms with Crippen molar-refractivity contribution in [2.24, 2.45) is 5.73 Å². The van der Waals surface area contributed by atoms with Gasteiger partial charge in [-0.3, -0.25) is 4.79 Å². The highest BCUT2D eigenvalue weighted by Gasteiger charge is 2.13. The molecule has 1 heterocycles. The fourth-order valence-electron chi connectivity index (χ4n) is 2.72. The molecule has 0 aromatic heterocycles.